The van der Waals surface area contributed by atoms with Crippen molar-refractivity contribution in [3.8, 4) is 6.07 Å². The number of hydrogen-bond acceptors (Lipinski definition) is 5. The minimum absolute atomic E-state index is 0.0342. The van der Waals surface area contributed by atoms with E-state index in [4.69, 9.17) is 15.7 Å². The van der Waals surface area contributed by atoms with Crippen LogP contribution in [-0.4, -0.2) is 39.5 Å². The van der Waals surface area contributed by atoms with E-state index in [0.717, 1.165) is 6.42 Å². The molecule has 1 aliphatic heterocycles. The first-order valence-corrected chi connectivity index (χ1v) is 6.53. The van der Waals surface area contributed by atoms with Crippen molar-refractivity contribution in [2.75, 3.05) is 18.8 Å². The lowest BCUT2D eigenvalue weighted by molar-refractivity contribution is 0.0288. The van der Waals surface area contributed by atoms with Gasteiger partial charge in [-0.3, -0.25) is 4.68 Å². The largest absolute Gasteiger partial charge is 0.444 e. The fourth-order valence-electron chi connectivity index (χ4n) is 2.13. The Labute approximate surface area is 117 Å². The Balaban J connectivity index is 2.02. The number of nitrogens with two attached hydrogens (primary N) is 1. The maximum absolute atomic E-state index is 12.0. The lowest BCUT2D eigenvalue weighted by Crippen LogP contribution is -2.35. The van der Waals surface area contributed by atoms with Crippen molar-refractivity contribution in [3.63, 3.8) is 0 Å². The summed E-state index contributed by atoms with van der Waals surface area (Å²) in [5.41, 5.74) is 5.50. The summed E-state index contributed by atoms with van der Waals surface area (Å²) in [5, 5.41) is 13.0. The van der Waals surface area contributed by atoms with E-state index in [-0.39, 0.29) is 18.0 Å². The topological polar surface area (TPSA) is 97.2 Å². The molecule has 7 nitrogen and oxygen atoms in total. The Kier molecular flexibility index (Phi) is 3.57. The first-order valence-electron chi connectivity index (χ1n) is 6.53. The van der Waals surface area contributed by atoms with Gasteiger partial charge in [-0.2, -0.15) is 10.4 Å². The summed E-state index contributed by atoms with van der Waals surface area (Å²) in [6.45, 7) is 6.64. The lowest BCUT2D eigenvalue weighted by atomic mass is 10.2. The van der Waals surface area contributed by atoms with Crippen molar-refractivity contribution < 1.29 is 9.53 Å². The van der Waals surface area contributed by atoms with Crippen LogP contribution in [0.4, 0.5) is 10.6 Å². The number of rotatable bonds is 1. The van der Waals surface area contributed by atoms with Crippen molar-refractivity contribution in [3.05, 3.63) is 11.8 Å². The first kappa shape index (κ1) is 14.2. The molecular weight excluding hydrogens is 258 g/mol. The maximum atomic E-state index is 12.0. The molecule has 1 aliphatic rings. The molecule has 2 heterocycles. The highest BCUT2D eigenvalue weighted by molar-refractivity contribution is 5.68. The van der Waals surface area contributed by atoms with Crippen LogP contribution in [-0.2, 0) is 4.74 Å². The van der Waals surface area contributed by atoms with Crippen LogP contribution in [0.5, 0.6) is 0 Å². The molecule has 20 heavy (non-hydrogen) atoms. The van der Waals surface area contributed by atoms with Crippen LogP contribution in [0.25, 0.3) is 0 Å². The van der Waals surface area contributed by atoms with Crippen LogP contribution in [0.1, 0.15) is 38.8 Å². The van der Waals surface area contributed by atoms with Gasteiger partial charge in [0.05, 0.1) is 6.04 Å². The van der Waals surface area contributed by atoms with Gasteiger partial charge in [0.25, 0.3) is 0 Å². The minimum atomic E-state index is -0.501. The average molecular weight is 277 g/mol. The van der Waals surface area contributed by atoms with E-state index in [2.05, 4.69) is 5.10 Å². The quantitative estimate of drug-likeness (QED) is 0.839. The Hall–Kier alpha value is -2.23. The Morgan fingerprint density at radius 2 is 2.30 bits per heavy atom. The summed E-state index contributed by atoms with van der Waals surface area (Å²) >= 11 is 0. The van der Waals surface area contributed by atoms with Crippen LogP contribution < -0.4 is 5.73 Å². The van der Waals surface area contributed by atoms with Crippen LogP contribution in [0.15, 0.2) is 6.20 Å². The molecule has 2 N–H and O–H groups in total. The molecule has 0 unspecified atom stereocenters. The molecule has 1 amide bonds. The van der Waals surface area contributed by atoms with Gasteiger partial charge in [0.1, 0.15) is 17.2 Å². The van der Waals surface area contributed by atoms with Crippen molar-refractivity contribution in [2.24, 2.45) is 0 Å². The number of nitriles is 1. The summed E-state index contributed by atoms with van der Waals surface area (Å²) in [4.78, 5) is 13.6. The zero-order valence-corrected chi connectivity index (χ0v) is 12.0. The van der Waals surface area contributed by atoms with Crippen molar-refractivity contribution in [1.29, 1.82) is 5.26 Å². The molecule has 0 spiro atoms. The highest BCUT2D eigenvalue weighted by atomic mass is 16.6. The highest BCUT2D eigenvalue weighted by Crippen LogP contribution is 2.24. The number of carbonyl (C=O) groups is 1. The Morgan fingerprint density at radius 3 is 2.85 bits per heavy atom. The number of anilines is 1. The fraction of sp³-hybridized carbons (Fsp3) is 0.615. The molecule has 108 valence electrons. The van der Waals surface area contributed by atoms with E-state index < -0.39 is 5.60 Å². The van der Waals surface area contributed by atoms with Gasteiger partial charge in [0.2, 0.25) is 0 Å². The van der Waals surface area contributed by atoms with Crippen LogP contribution in [0.3, 0.4) is 0 Å². The van der Waals surface area contributed by atoms with Gasteiger partial charge in [0, 0.05) is 19.3 Å². The number of aromatic nitrogens is 2. The zero-order valence-electron chi connectivity index (χ0n) is 12.0. The second-order valence-electron chi connectivity index (χ2n) is 5.89. The third kappa shape index (κ3) is 3.02. The van der Waals surface area contributed by atoms with Crippen molar-refractivity contribution in [1.82, 2.24) is 14.7 Å². The molecule has 1 aromatic rings. The summed E-state index contributed by atoms with van der Waals surface area (Å²) in [6, 6.07) is 2.02. The van der Waals surface area contributed by atoms with Gasteiger partial charge in [-0.1, -0.05) is 0 Å². The summed E-state index contributed by atoms with van der Waals surface area (Å²) in [5.74, 6) is 0.225. The third-order valence-electron chi connectivity index (χ3n) is 3.07. The summed E-state index contributed by atoms with van der Waals surface area (Å²) < 4.78 is 7.00. The SMILES string of the molecule is CC(C)(C)OC(=O)N1CC[C@H](n2cc(C#N)c(N)n2)C1. The molecule has 7 heteroatoms. The number of hydrogen-bond donors (Lipinski definition) is 1. The van der Waals surface area contributed by atoms with Gasteiger partial charge in [-0.15, -0.1) is 0 Å². The number of likely N-dealkylation sites (tertiary alicyclic amines) is 1. The molecule has 0 saturated carbocycles. The Morgan fingerprint density at radius 1 is 1.60 bits per heavy atom. The van der Waals surface area contributed by atoms with Gasteiger partial charge in [-0.25, -0.2) is 4.79 Å². The number of nitrogen functional groups attached to an aromatic ring is 1. The number of carbonyl (C=O) groups excluding carboxylic acids is 1. The average Bonchev–Trinajstić information content (AvgIpc) is 2.92. The number of amides is 1. The molecule has 0 radical (unpaired) electrons. The van der Waals surface area contributed by atoms with Gasteiger partial charge in [-0.05, 0) is 27.2 Å². The minimum Gasteiger partial charge on any atom is -0.444 e. The molecule has 1 fully saturated rings. The van der Waals surface area contributed by atoms with Gasteiger partial charge < -0.3 is 15.4 Å². The first-order chi connectivity index (χ1) is 9.30. The smallest absolute Gasteiger partial charge is 0.410 e. The molecular formula is C13H19N5O2. The molecule has 0 bridgehead atoms. The number of ether oxygens (including phenoxy) is 1. The summed E-state index contributed by atoms with van der Waals surface area (Å²) in [7, 11) is 0. The van der Waals surface area contributed by atoms with Crippen molar-refractivity contribution >= 4 is 11.9 Å². The van der Waals surface area contributed by atoms with Gasteiger partial charge >= 0.3 is 6.09 Å². The van der Waals surface area contributed by atoms with Gasteiger partial charge in [0.15, 0.2) is 5.82 Å². The van der Waals surface area contributed by atoms with E-state index in [9.17, 15) is 4.79 Å². The second-order valence-corrected chi connectivity index (χ2v) is 5.89. The standard InChI is InChI=1S/C13H19N5O2/c1-13(2,3)20-12(19)17-5-4-10(8-17)18-7-9(6-14)11(15)16-18/h7,10H,4-5,8H2,1-3H3,(H2,15,16)/t10-/m0/s1. The Bertz CT molecular complexity index is 552. The zero-order chi connectivity index (χ0) is 14.9. The van der Waals surface area contributed by atoms with E-state index >= 15 is 0 Å². The maximum Gasteiger partial charge on any atom is 0.410 e. The molecule has 1 aromatic heterocycles. The normalized spacial score (nSPS) is 18.9. The van der Waals surface area contributed by atoms with E-state index in [1.165, 1.54) is 0 Å². The molecule has 1 atom stereocenters. The second kappa shape index (κ2) is 5.04. The van der Waals surface area contributed by atoms with Crippen LogP contribution in [0, 0.1) is 11.3 Å². The van der Waals surface area contributed by atoms with Crippen molar-refractivity contribution in [2.45, 2.75) is 38.8 Å². The lowest BCUT2D eigenvalue weighted by Gasteiger charge is -2.24. The highest BCUT2D eigenvalue weighted by Gasteiger charge is 2.31. The molecule has 1 saturated heterocycles. The van der Waals surface area contributed by atoms with E-state index in [1.807, 2.05) is 26.8 Å². The van der Waals surface area contributed by atoms with E-state index in [0.29, 0.717) is 18.7 Å². The summed E-state index contributed by atoms with van der Waals surface area (Å²) in [6.07, 6.45) is 2.07. The molecule has 0 aliphatic carbocycles. The van der Waals surface area contributed by atoms with Crippen LogP contribution >= 0.6 is 0 Å². The fourth-order valence-corrected chi connectivity index (χ4v) is 2.13. The third-order valence-corrected chi connectivity index (χ3v) is 3.07. The predicted molar refractivity (Wildman–Crippen MR) is 72.8 cm³/mol. The molecule has 2 rings (SSSR count). The van der Waals surface area contributed by atoms with E-state index in [1.54, 1.807) is 15.8 Å². The molecule has 0 aromatic carbocycles. The van der Waals surface area contributed by atoms with Crippen LogP contribution in [0.2, 0.25) is 0 Å². The monoisotopic (exact) mass is 277 g/mol. The number of nitrogens with zero attached hydrogens (tertiary/aromatic N) is 4. The predicted octanol–water partition coefficient (Wildman–Crippen LogP) is 1.52.